The van der Waals surface area contributed by atoms with Crippen LogP contribution in [0.3, 0.4) is 0 Å². The zero-order valence-electron chi connectivity index (χ0n) is 12.7. The summed E-state index contributed by atoms with van der Waals surface area (Å²) < 4.78 is 0. The summed E-state index contributed by atoms with van der Waals surface area (Å²) in [6.45, 7) is 4.00. The van der Waals surface area contributed by atoms with Crippen LogP contribution in [0.15, 0.2) is 42.6 Å². The molecule has 0 saturated heterocycles. The van der Waals surface area contributed by atoms with E-state index in [-0.39, 0.29) is 6.03 Å². The molecule has 2 aromatic carbocycles. The maximum atomic E-state index is 11.9. The summed E-state index contributed by atoms with van der Waals surface area (Å²) >= 11 is 11.7. The van der Waals surface area contributed by atoms with E-state index < -0.39 is 0 Å². The minimum atomic E-state index is -0.368. The molecule has 0 bridgehead atoms. The van der Waals surface area contributed by atoms with Crippen LogP contribution in [0.4, 0.5) is 16.2 Å². The number of anilines is 2. The Morgan fingerprint density at radius 1 is 1.00 bits per heavy atom. The summed E-state index contributed by atoms with van der Waals surface area (Å²) in [7, 11) is 0. The highest BCUT2D eigenvalue weighted by Gasteiger charge is 2.06. The SMILES string of the molecule is CC.O=C(Nc1ccc(Cl)c(Cl)c1)Nc1ccc2cn[nH]c2c1. The Morgan fingerprint density at radius 3 is 2.35 bits per heavy atom. The first kappa shape index (κ1) is 17.1. The standard InChI is InChI=1S/C14H10Cl2N4O.C2H6/c15-11-4-3-9(5-12(11)16)18-14(21)19-10-2-1-8-7-17-20-13(8)6-10;1-2/h1-7H,(H,17,20)(H2,18,19,21);1-2H3. The van der Waals surface area contributed by atoms with E-state index in [2.05, 4.69) is 20.8 Å². The Bertz CT molecular complexity index is 817. The quantitative estimate of drug-likeness (QED) is 0.567. The predicted molar refractivity (Wildman–Crippen MR) is 96.5 cm³/mol. The number of H-pyrrole nitrogens is 1. The third-order valence-corrected chi connectivity index (χ3v) is 3.62. The number of carbonyl (C=O) groups is 1. The molecule has 23 heavy (non-hydrogen) atoms. The van der Waals surface area contributed by atoms with Crippen molar-refractivity contribution in [2.75, 3.05) is 10.6 Å². The van der Waals surface area contributed by atoms with Crippen LogP contribution in [0.5, 0.6) is 0 Å². The van der Waals surface area contributed by atoms with Gasteiger partial charge in [0.15, 0.2) is 0 Å². The maximum Gasteiger partial charge on any atom is 0.323 e. The fourth-order valence-corrected chi connectivity index (χ4v) is 2.18. The van der Waals surface area contributed by atoms with Crippen LogP contribution in [0, 0.1) is 0 Å². The molecule has 1 heterocycles. The molecule has 0 unspecified atom stereocenters. The highest BCUT2D eigenvalue weighted by molar-refractivity contribution is 6.42. The van der Waals surface area contributed by atoms with Crippen LogP contribution in [-0.4, -0.2) is 16.2 Å². The lowest BCUT2D eigenvalue weighted by Crippen LogP contribution is -2.19. The number of amides is 2. The second-order valence-corrected chi connectivity index (χ2v) is 5.19. The fourth-order valence-electron chi connectivity index (χ4n) is 1.88. The summed E-state index contributed by atoms with van der Waals surface area (Å²) in [5.41, 5.74) is 2.07. The molecule has 1 aromatic heterocycles. The van der Waals surface area contributed by atoms with E-state index in [1.165, 1.54) is 0 Å². The molecular weight excluding hydrogens is 335 g/mol. The van der Waals surface area contributed by atoms with E-state index >= 15 is 0 Å². The van der Waals surface area contributed by atoms with Crippen molar-refractivity contribution in [1.29, 1.82) is 0 Å². The smallest absolute Gasteiger partial charge is 0.308 e. The number of nitrogens with zero attached hydrogens (tertiary/aromatic N) is 1. The lowest BCUT2D eigenvalue weighted by Gasteiger charge is -2.08. The number of hydrogen-bond donors (Lipinski definition) is 3. The average molecular weight is 351 g/mol. The summed E-state index contributed by atoms with van der Waals surface area (Å²) in [5.74, 6) is 0. The maximum absolute atomic E-state index is 11.9. The second kappa shape index (κ2) is 7.85. The van der Waals surface area contributed by atoms with Gasteiger partial charge >= 0.3 is 6.03 Å². The minimum absolute atomic E-state index is 0.368. The molecule has 2 amide bonds. The molecule has 7 heteroatoms. The molecule has 0 atom stereocenters. The van der Waals surface area contributed by atoms with Crippen LogP contribution in [-0.2, 0) is 0 Å². The van der Waals surface area contributed by atoms with E-state index in [0.29, 0.717) is 21.4 Å². The zero-order valence-corrected chi connectivity index (χ0v) is 14.2. The number of fused-ring (bicyclic) bond motifs is 1. The van der Waals surface area contributed by atoms with Gasteiger partial charge < -0.3 is 10.6 Å². The molecule has 0 radical (unpaired) electrons. The topological polar surface area (TPSA) is 69.8 Å². The molecule has 0 aliphatic rings. The number of urea groups is 1. The molecule has 120 valence electrons. The number of hydrogen-bond acceptors (Lipinski definition) is 2. The van der Waals surface area contributed by atoms with Crippen LogP contribution in [0.25, 0.3) is 10.9 Å². The van der Waals surface area contributed by atoms with Crippen molar-refractivity contribution in [1.82, 2.24) is 10.2 Å². The van der Waals surface area contributed by atoms with Crippen LogP contribution in [0.1, 0.15) is 13.8 Å². The number of nitrogens with one attached hydrogen (secondary N) is 3. The van der Waals surface area contributed by atoms with Gasteiger partial charge in [-0.25, -0.2) is 4.79 Å². The van der Waals surface area contributed by atoms with E-state index in [1.807, 2.05) is 19.9 Å². The predicted octanol–water partition coefficient (Wildman–Crippen LogP) is 5.54. The van der Waals surface area contributed by atoms with Crippen molar-refractivity contribution in [3.63, 3.8) is 0 Å². The third-order valence-electron chi connectivity index (χ3n) is 2.88. The third kappa shape index (κ3) is 4.37. The van der Waals surface area contributed by atoms with Gasteiger partial charge in [0.25, 0.3) is 0 Å². The lowest BCUT2D eigenvalue weighted by molar-refractivity contribution is 0.262. The first-order valence-electron chi connectivity index (χ1n) is 7.08. The number of aromatic nitrogens is 2. The number of halogens is 2. The van der Waals surface area contributed by atoms with E-state index in [0.717, 1.165) is 10.9 Å². The van der Waals surface area contributed by atoms with Gasteiger partial charge in [0, 0.05) is 16.8 Å². The van der Waals surface area contributed by atoms with Crippen LogP contribution in [0.2, 0.25) is 10.0 Å². The largest absolute Gasteiger partial charge is 0.323 e. The van der Waals surface area contributed by atoms with Gasteiger partial charge in [0.05, 0.1) is 21.8 Å². The molecule has 0 aliphatic carbocycles. The summed E-state index contributed by atoms with van der Waals surface area (Å²) in [6, 6.07) is 9.98. The Hall–Kier alpha value is -2.24. The van der Waals surface area contributed by atoms with Gasteiger partial charge in [-0.05, 0) is 36.4 Å². The Morgan fingerprint density at radius 2 is 1.65 bits per heavy atom. The number of rotatable bonds is 2. The lowest BCUT2D eigenvalue weighted by atomic mass is 10.2. The van der Waals surface area contributed by atoms with Crippen molar-refractivity contribution < 1.29 is 4.79 Å². The number of aromatic amines is 1. The van der Waals surface area contributed by atoms with Crippen LogP contribution < -0.4 is 10.6 Å². The molecule has 3 N–H and O–H groups in total. The first-order chi connectivity index (χ1) is 11.1. The Kier molecular flexibility index (Phi) is 5.84. The van der Waals surface area contributed by atoms with Crippen molar-refractivity contribution >= 4 is 51.5 Å². The molecule has 3 rings (SSSR count). The molecule has 0 spiro atoms. The van der Waals surface area contributed by atoms with E-state index in [9.17, 15) is 4.79 Å². The van der Waals surface area contributed by atoms with Gasteiger partial charge in [-0.2, -0.15) is 5.10 Å². The minimum Gasteiger partial charge on any atom is -0.308 e. The summed E-state index contributed by atoms with van der Waals surface area (Å²) in [5, 5.41) is 14.0. The van der Waals surface area contributed by atoms with E-state index in [4.69, 9.17) is 23.2 Å². The second-order valence-electron chi connectivity index (χ2n) is 4.38. The van der Waals surface area contributed by atoms with Gasteiger partial charge in [0.2, 0.25) is 0 Å². The van der Waals surface area contributed by atoms with E-state index in [1.54, 1.807) is 36.5 Å². The highest BCUT2D eigenvalue weighted by Crippen LogP contribution is 2.25. The normalized spacial score (nSPS) is 9.91. The summed E-state index contributed by atoms with van der Waals surface area (Å²) in [6.07, 6.45) is 1.72. The molecule has 0 fully saturated rings. The molecule has 3 aromatic rings. The fraction of sp³-hybridized carbons (Fsp3) is 0.125. The molecule has 5 nitrogen and oxygen atoms in total. The van der Waals surface area contributed by atoms with Crippen molar-refractivity contribution in [3.05, 3.63) is 52.6 Å². The molecule has 0 aliphatic heterocycles. The van der Waals surface area contributed by atoms with Gasteiger partial charge in [-0.15, -0.1) is 0 Å². The van der Waals surface area contributed by atoms with Crippen molar-refractivity contribution in [3.8, 4) is 0 Å². The zero-order chi connectivity index (χ0) is 16.8. The molecule has 0 saturated carbocycles. The van der Waals surface area contributed by atoms with Gasteiger partial charge in [0.1, 0.15) is 0 Å². The number of benzene rings is 2. The van der Waals surface area contributed by atoms with Crippen LogP contribution >= 0.6 is 23.2 Å². The monoisotopic (exact) mass is 350 g/mol. The van der Waals surface area contributed by atoms with Crippen molar-refractivity contribution in [2.45, 2.75) is 13.8 Å². The Balaban J connectivity index is 0.000000924. The first-order valence-corrected chi connectivity index (χ1v) is 7.83. The van der Waals surface area contributed by atoms with Gasteiger partial charge in [-0.1, -0.05) is 37.0 Å². The van der Waals surface area contributed by atoms with Gasteiger partial charge in [-0.3, -0.25) is 5.10 Å². The Labute approximate surface area is 144 Å². The number of carbonyl (C=O) groups excluding carboxylic acids is 1. The molecular formula is C16H16Cl2N4O. The average Bonchev–Trinajstić information content (AvgIpc) is 3.00. The summed E-state index contributed by atoms with van der Waals surface area (Å²) in [4.78, 5) is 11.9. The van der Waals surface area contributed by atoms with Crippen molar-refractivity contribution in [2.24, 2.45) is 0 Å². The highest BCUT2D eigenvalue weighted by atomic mass is 35.5.